The van der Waals surface area contributed by atoms with Gasteiger partial charge in [0.15, 0.2) is 0 Å². The molecule has 2 atom stereocenters. The molecule has 0 aromatic heterocycles. The fourth-order valence-electron chi connectivity index (χ4n) is 3.98. The summed E-state index contributed by atoms with van der Waals surface area (Å²) in [5, 5.41) is 0. The van der Waals surface area contributed by atoms with Crippen LogP contribution in [0.2, 0.25) is 13.3 Å². The SMILES string of the molecule is CCC[CH2][Sn]([CH2]CCC)([CH2]CCC)[CH2]OC1CN(C(=O)OC(C)(C)C)CC1N. The minimum absolute atomic E-state index is 0.0477. The summed E-state index contributed by atoms with van der Waals surface area (Å²) in [6.07, 6.45) is 7.51. The average molecular weight is 505 g/mol. The van der Waals surface area contributed by atoms with Gasteiger partial charge < -0.3 is 0 Å². The number of ether oxygens (including phenoxy) is 2. The molecule has 166 valence electrons. The zero-order chi connectivity index (χ0) is 21.2. The summed E-state index contributed by atoms with van der Waals surface area (Å²) in [5.41, 5.74) is 5.87. The molecule has 0 aliphatic carbocycles. The Morgan fingerprint density at radius 1 is 1.00 bits per heavy atom. The Morgan fingerprint density at radius 3 is 1.93 bits per heavy atom. The van der Waals surface area contributed by atoms with Crippen LogP contribution in [0.1, 0.15) is 80.1 Å². The number of unbranched alkanes of at least 4 members (excludes halogenated alkanes) is 3. The van der Waals surface area contributed by atoms with Crippen LogP contribution in [0.3, 0.4) is 0 Å². The van der Waals surface area contributed by atoms with Crippen LogP contribution >= 0.6 is 0 Å². The Bertz CT molecular complexity index is 432. The maximum atomic E-state index is 12.4. The van der Waals surface area contributed by atoms with E-state index in [1.807, 2.05) is 20.8 Å². The van der Waals surface area contributed by atoms with Gasteiger partial charge in [0.2, 0.25) is 0 Å². The van der Waals surface area contributed by atoms with E-state index in [4.69, 9.17) is 15.2 Å². The Kier molecular flexibility index (Phi) is 11.7. The third-order valence-corrected chi connectivity index (χ3v) is 20.1. The molecule has 2 unspecified atom stereocenters. The molecule has 0 spiro atoms. The molecule has 28 heavy (non-hydrogen) atoms. The van der Waals surface area contributed by atoms with Gasteiger partial charge >= 0.3 is 178 Å². The molecule has 1 amide bonds. The average Bonchev–Trinajstić information content (AvgIpc) is 3.00. The standard InChI is InChI=1S/C10H19N2O3.3C4H9.Sn/c1-10(2,3)15-9(13)12-5-7(11)8(6-12)14-4;3*1-3-4-2;/h7-8H,4-6,11H2,1-3H3;3*1,3-4H2,2H3;. The monoisotopic (exact) mass is 506 g/mol. The normalized spacial score (nSPS) is 20.6. The Morgan fingerprint density at radius 2 is 1.50 bits per heavy atom. The number of likely N-dealkylation sites (tertiary alicyclic amines) is 1. The summed E-state index contributed by atoms with van der Waals surface area (Å²) in [7, 11) is 0. The zero-order valence-corrected chi connectivity index (χ0v) is 22.2. The van der Waals surface area contributed by atoms with Crippen LogP contribution < -0.4 is 5.73 Å². The number of amides is 1. The molecule has 1 aliphatic rings. The number of hydrogen-bond donors (Lipinski definition) is 1. The van der Waals surface area contributed by atoms with E-state index < -0.39 is 24.0 Å². The van der Waals surface area contributed by atoms with Gasteiger partial charge in [0.25, 0.3) is 0 Å². The second-order valence-electron chi connectivity index (χ2n) is 9.71. The zero-order valence-electron chi connectivity index (χ0n) is 19.4. The Labute approximate surface area is 178 Å². The van der Waals surface area contributed by atoms with Crippen molar-refractivity contribution >= 4 is 24.5 Å². The molecule has 6 heteroatoms. The second-order valence-corrected chi connectivity index (χ2v) is 23.4. The van der Waals surface area contributed by atoms with Crippen LogP contribution in [0.4, 0.5) is 4.79 Å². The van der Waals surface area contributed by atoms with E-state index in [9.17, 15) is 4.79 Å². The van der Waals surface area contributed by atoms with Gasteiger partial charge in [-0.05, 0) is 0 Å². The molecule has 1 heterocycles. The maximum absolute atomic E-state index is 12.4. The quantitative estimate of drug-likeness (QED) is 0.364. The van der Waals surface area contributed by atoms with Gasteiger partial charge in [-0.3, -0.25) is 0 Å². The van der Waals surface area contributed by atoms with Gasteiger partial charge in [-0.15, -0.1) is 0 Å². The molecule has 5 nitrogen and oxygen atoms in total. The number of rotatable bonds is 12. The molecule has 0 aromatic carbocycles. The summed E-state index contributed by atoms with van der Waals surface area (Å²) < 4.78 is 17.3. The molecule has 0 aromatic rings. The first-order valence-electron chi connectivity index (χ1n) is 11.5. The van der Waals surface area contributed by atoms with Crippen molar-refractivity contribution in [3.63, 3.8) is 0 Å². The van der Waals surface area contributed by atoms with Crippen LogP contribution in [0.25, 0.3) is 0 Å². The van der Waals surface area contributed by atoms with E-state index in [1.54, 1.807) is 4.90 Å². The summed E-state index contributed by atoms with van der Waals surface area (Å²) in [6, 6.07) is -0.111. The van der Waals surface area contributed by atoms with Crippen molar-refractivity contribution in [1.29, 1.82) is 0 Å². The van der Waals surface area contributed by atoms with Crippen molar-refractivity contribution in [3.8, 4) is 0 Å². The van der Waals surface area contributed by atoms with Gasteiger partial charge in [0.1, 0.15) is 0 Å². The fraction of sp³-hybridized carbons (Fsp3) is 0.955. The van der Waals surface area contributed by atoms with Gasteiger partial charge in [-0.1, -0.05) is 0 Å². The fourth-order valence-corrected chi connectivity index (χ4v) is 18.4. The van der Waals surface area contributed by atoms with Crippen molar-refractivity contribution in [2.75, 3.05) is 17.7 Å². The van der Waals surface area contributed by atoms with Crippen LogP contribution in [0.5, 0.6) is 0 Å². The van der Waals surface area contributed by atoms with E-state index in [-0.39, 0.29) is 18.2 Å². The van der Waals surface area contributed by atoms with E-state index in [0.29, 0.717) is 13.1 Å². The van der Waals surface area contributed by atoms with Crippen LogP contribution in [-0.4, -0.2) is 64.8 Å². The summed E-state index contributed by atoms with van der Waals surface area (Å²) in [6.45, 7) is 13.7. The first kappa shape index (κ1) is 26.0. The second kappa shape index (κ2) is 12.6. The molecular formula is C22H46N2O3Sn. The topological polar surface area (TPSA) is 64.8 Å². The van der Waals surface area contributed by atoms with E-state index in [2.05, 4.69) is 20.8 Å². The third-order valence-electron chi connectivity index (χ3n) is 5.75. The van der Waals surface area contributed by atoms with Crippen molar-refractivity contribution in [3.05, 3.63) is 0 Å². The van der Waals surface area contributed by atoms with Gasteiger partial charge in [-0.25, -0.2) is 0 Å². The van der Waals surface area contributed by atoms with E-state index in [0.717, 1.165) is 4.62 Å². The molecular weight excluding hydrogens is 459 g/mol. The number of nitrogens with two attached hydrogens (primary N) is 1. The predicted octanol–water partition coefficient (Wildman–Crippen LogP) is 5.34. The Hall–Kier alpha value is -0.0113. The number of carbonyl (C=O) groups excluding carboxylic acids is 1. The molecule has 0 bridgehead atoms. The Balaban J connectivity index is 2.72. The van der Waals surface area contributed by atoms with Crippen molar-refractivity contribution in [2.45, 2.75) is 111 Å². The molecule has 1 fully saturated rings. The first-order chi connectivity index (χ1) is 13.2. The molecule has 1 aliphatic heterocycles. The van der Waals surface area contributed by atoms with Crippen LogP contribution in [0.15, 0.2) is 0 Å². The number of nitrogens with zero attached hydrogens (tertiary/aromatic N) is 1. The number of hydrogen-bond acceptors (Lipinski definition) is 4. The van der Waals surface area contributed by atoms with Crippen LogP contribution in [0, 0.1) is 0 Å². The summed E-state index contributed by atoms with van der Waals surface area (Å²) in [4.78, 5) is 14.1. The van der Waals surface area contributed by atoms with E-state index >= 15 is 0 Å². The van der Waals surface area contributed by atoms with Gasteiger partial charge in [-0.2, -0.15) is 0 Å². The molecule has 1 saturated heterocycles. The summed E-state index contributed by atoms with van der Waals surface area (Å²) >= 11 is -2.33. The minimum atomic E-state index is -2.33. The van der Waals surface area contributed by atoms with Crippen molar-refractivity contribution in [1.82, 2.24) is 4.90 Å². The summed E-state index contributed by atoms with van der Waals surface area (Å²) in [5.74, 6) is 0. The molecule has 1 rings (SSSR count). The molecule has 2 N–H and O–H groups in total. The third kappa shape index (κ3) is 9.20. The molecule has 0 saturated carbocycles. The first-order valence-corrected chi connectivity index (χ1v) is 19.6. The van der Waals surface area contributed by atoms with Gasteiger partial charge in [0, 0.05) is 0 Å². The van der Waals surface area contributed by atoms with E-state index in [1.165, 1.54) is 51.8 Å². The van der Waals surface area contributed by atoms with Crippen molar-refractivity contribution in [2.24, 2.45) is 5.73 Å². The predicted molar refractivity (Wildman–Crippen MR) is 120 cm³/mol. The number of carbonyl (C=O) groups is 1. The van der Waals surface area contributed by atoms with Crippen LogP contribution in [-0.2, 0) is 9.47 Å². The molecule has 0 radical (unpaired) electrons. The van der Waals surface area contributed by atoms with Gasteiger partial charge in [0.05, 0.1) is 0 Å². The van der Waals surface area contributed by atoms with Crippen molar-refractivity contribution < 1.29 is 14.3 Å².